The molecule has 0 aliphatic carbocycles. The zero-order valence-corrected chi connectivity index (χ0v) is 12.1. The maximum Gasteiger partial charge on any atom is 0.195 e. The molecule has 0 aliphatic heterocycles. The number of pyridine rings is 1. The second-order valence-electron chi connectivity index (χ2n) is 3.88. The second kappa shape index (κ2) is 5.24. The van der Waals surface area contributed by atoms with Gasteiger partial charge in [-0.2, -0.15) is 5.10 Å². The van der Waals surface area contributed by atoms with Crippen LogP contribution in [0.5, 0.6) is 0 Å². The van der Waals surface area contributed by atoms with Gasteiger partial charge in [-0.1, -0.05) is 11.6 Å². The molecule has 0 fully saturated rings. The Morgan fingerprint density at radius 3 is 2.74 bits per heavy atom. The molecule has 3 aromatic heterocycles. The van der Waals surface area contributed by atoms with Gasteiger partial charge in [0.05, 0.1) is 10.9 Å². The average molecular weight is 309 g/mol. The van der Waals surface area contributed by atoms with Gasteiger partial charge >= 0.3 is 0 Å². The van der Waals surface area contributed by atoms with E-state index in [-0.39, 0.29) is 0 Å². The molecule has 0 bridgehead atoms. The van der Waals surface area contributed by atoms with Crippen molar-refractivity contribution in [2.45, 2.75) is 6.54 Å². The highest BCUT2D eigenvalue weighted by Crippen LogP contribution is 2.24. The molecular formula is C12H9ClN4S2. The summed E-state index contributed by atoms with van der Waals surface area (Å²) in [5.41, 5.74) is 0.977. The predicted octanol–water partition coefficient (Wildman–Crippen LogP) is 3.77. The van der Waals surface area contributed by atoms with Gasteiger partial charge < -0.3 is 0 Å². The maximum absolute atomic E-state index is 5.95. The zero-order valence-electron chi connectivity index (χ0n) is 9.71. The monoisotopic (exact) mass is 308 g/mol. The molecule has 19 heavy (non-hydrogen) atoms. The summed E-state index contributed by atoms with van der Waals surface area (Å²) in [6.07, 6.45) is 3.47. The number of aromatic amines is 1. The fourth-order valence-corrected chi connectivity index (χ4v) is 3.05. The van der Waals surface area contributed by atoms with Crippen LogP contribution in [0.1, 0.15) is 4.88 Å². The zero-order chi connectivity index (χ0) is 13.2. The molecular weight excluding hydrogens is 300 g/mol. The highest BCUT2D eigenvalue weighted by molar-refractivity contribution is 7.71. The van der Waals surface area contributed by atoms with E-state index < -0.39 is 0 Å². The fraction of sp³-hybridized carbons (Fsp3) is 0.0833. The molecule has 0 aliphatic rings. The van der Waals surface area contributed by atoms with Gasteiger partial charge in [-0.25, -0.2) is 0 Å². The van der Waals surface area contributed by atoms with Gasteiger partial charge in [0.1, 0.15) is 0 Å². The summed E-state index contributed by atoms with van der Waals surface area (Å²) in [5, 5.41) is 7.11. The predicted molar refractivity (Wildman–Crippen MR) is 79.1 cm³/mol. The number of halogens is 1. The maximum atomic E-state index is 5.95. The number of H-pyrrole nitrogens is 1. The molecule has 0 spiro atoms. The first-order valence-electron chi connectivity index (χ1n) is 5.54. The van der Waals surface area contributed by atoms with Crippen molar-refractivity contribution in [2.75, 3.05) is 0 Å². The van der Waals surface area contributed by atoms with Gasteiger partial charge in [0.2, 0.25) is 0 Å². The first kappa shape index (κ1) is 12.5. The molecule has 0 saturated carbocycles. The van der Waals surface area contributed by atoms with Crippen LogP contribution >= 0.6 is 35.2 Å². The number of hydrogen-bond donors (Lipinski definition) is 1. The molecule has 0 saturated heterocycles. The van der Waals surface area contributed by atoms with Crippen molar-refractivity contribution >= 4 is 35.2 Å². The Morgan fingerprint density at radius 1 is 1.26 bits per heavy atom. The van der Waals surface area contributed by atoms with E-state index in [1.54, 1.807) is 23.7 Å². The molecule has 0 aromatic carbocycles. The Bertz CT molecular complexity index is 744. The second-order valence-corrected chi connectivity index (χ2v) is 6.07. The van der Waals surface area contributed by atoms with Crippen molar-refractivity contribution in [1.29, 1.82) is 0 Å². The molecule has 4 nitrogen and oxygen atoms in total. The van der Waals surface area contributed by atoms with E-state index in [1.165, 1.54) is 0 Å². The van der Waals surface area contributed by atoms with Gasteiger partial charge in [-0.15, -0.1) is 11.3 Å². The smallest absolute Gasteiger partial charge is 0.195 e. The van der Waals surface area contributed by atoms with Crippen LogP contribution < -0.4 is 0 Å². The minimum absolute atomic E-state index is 0.594. The fourth-order valence-electron chi connectivity index (χ4n) is 1.78. The van der Waals surface area contributed by atoms with Gasteiger partial charge in [0, 0.05) is 22.8 Å². The molecule has 0 radical (unpaired) electrons. The molecule has 7 heteroatoms. The van der Waals surface area contributed by atoms with Crippen LogP contribution in [0.15, 0.2) is 36.7 Å². The Hall–Kier alpha value is -1.50. The van der Waals surface area contributed by atoms with Gasteiger partial charge in [0.15, 0.2) is 10.6 Å². The molecule has 0 atom stereocenters. The van der Waals surface area contributed by atoms with E-state index in [0.717, 1.165) is 20.6 Å². The highest BCUT2D eigenvalue weighted by atomic mass is 35.5. The minimum Gasteiger partial charge on any atom is -0.295 e. The lowest BCUT2D eigenvalue weighted by Crippen LogP contribution is -2.01. The Labute approximate surface area is 123 Å². The number of rotatable bonds is 3. The molecule has 3 aromatic rings. The topological polar surface area (TPSA) is 46.5 Å². The van der Waals surface area contributed by atoms with E-state index in [9.17, 15) is 0 Å². The number of nitrogens with zero attached hydrogens (tertiary/aromatic N) is 3. The molecule has 3 rings (SSSR count). The number of hydrogen-bond acceptors (Lipinski definition) is 4. The molecule has 3 heterocycles. The Morgan fingerprint density at radius 2 is 2.05 bits per heavy atom. The third-order valence-electron chi connectivity index (χ3n) is 2.64. The summed E-state index contributed by atoms with van der Waals surface area (Å²) >= 11 is 12.8. The summed E-state index contributed by atoms with van der Waals surface area (Å²) in [6, 6.07) is 7.70. The SMILES string of the molecule is S=c1[nH]nc(-c2ccncc2)n1Cc1ccc(Cl)s1. The lowest BCUT2D eigenvalue weighted by Gasteiger charge is -2.04. The lowest BCUT2D eigenvalue weighted by molar-refractivity contribution is 0.802. The van der Waals surface area contributed by atoms with E-state index in [4.69, 9.17) is 23.8 Å². The van der Waals surface area contributed by atoms with Crippen molar-refractivity contribution < 1.29 is 0 Å². The lowest BCUT2D eigenvalue weighted by atomic mass is 10.2. The Balaban J connectivity index is 2.02. The van der Waals surface area contributed by atoms with Gasteiger partial charge in [0.25, 0.3) is 0 Å². The number of aromatic nitrogens is 4. The van der Waals surface area contributed by atoms with Crippen LogP contribution in [-0.4, -0.2) is 19.7 Å². The van der Waals surface area contributed by atoms with Crippen LogP contribution in [0.4, 0.5) is 0 Å². The first-order chi connectivity index (χ1) is 9.24. The van der Waals surface area contributed by atoms with Gasteiger partial charge in [-0.3, -0.25) is 14.6 Å². The van der Waals surface area contributed by atoms with E-state index in [0.29, 0.717) is 11.3 Å². The third kappa shape index (κ3) is 2.60. The van der Waals surface area contributed by atoms with Crippen molar-refractivity contribution in [3.63, 3.8) is 0 Å². The first-order valence-corrected chi connectivity index (χ1v) is 7.14. The third-order valence-corrected chi connectivity index (χ3v) is 4.17. The van der Waals surface area contributed by atoms with Crippen LogP contribution in [0.3, 0.4) is 0 Å². The van der Waals surface area contributed by atoms with Crippen LogP contribution in [0.25, 0.3) is 11.4 Å². The number of nitrogens with one attached hydrogen (secondary N) is 1. The van der Waals surface area contributed by atoms with E-state index >= 15 is 0 Å². The largest absolute Gasteiger partial charge is 0.295 e. The van der Waals surface area contributed by atoms with Crippen LogP contribution in [0.2, 0.25) is 4.34 Å². The van der Waals surface area contributed by atoms with Crippen molar-refractivity contribution in [1.82, 2.24) is 19.7 Å². The van der Waals surface area contributed by atoms with E-state index in [2.05, 4.69) is 15.2 Å². The van der Waals surface area contributed by atoms with E-state index in [1.807, 2.05) is 28.8 Å². The summed E-state index contributed by atoms with van der Waals surface area (Å²) in [5.74, 6) is 0.803. The normalized spacial score (nSPS) is 10.8. The number of thiophene rings is 1. The summed E-state index contributed by atoms with van der Waals surface area (Å²) in [7, 11) is 0. The van der Waals surface area contributed by atoms with Gasteiger partial charge in [-0.05, 0) is 36.5 Å². The van der Waals surface area contributed by atoms with Crippen molar-refractivity contribution in [3.05, 3.63) is 50.6 Å². The van der Waals surface area contributed by atoms with Crippen LogP contribution in [0, 0.1) is 4.77 Å². The summed E-state index contributed by atoms with van der Waals surface area (Å²) in [6.45, 7) is 0.657. The Kier molecular flexibility index (Phi) is 3.46. The standard InChI is InChI=1S/C12H9ClN4S2/c13-10-2-1-9(19-10)7-17-11(15-16-12(17)18)8-3-5-14-6-4-8/h1-6H,7H2,(H,16,18). The summed E-state index contributed by atoms with van der Waals surface area (Å²) < 4.78 is 3.32. The molecule has 0 unspecified atom stereocenters. The molecule has 1 N–H and O–H groups in total. The van der Waals surface area contributed by atoms with Crippen LogP contribution in [-0.2, 0) is 6.54 Å². The summed E-state index contributed by atoms with van der Waals surface area (Å²) in [4.78, 5) is 5.14. The van der Waals surface area contributed by atoms with Crippen molar-refractivity contribution in [2.24, 2.45) is 0 Å². The minimum atomic E-state index is 0.594. The average Bonchev–Trinajstić information content (AvgIpc) is 2.99. The molecule has 96 valence electrons. The quantitative estimate of drug-likeness (QED) is 0.749. The van der Waals surface area contributed by atoms with Crippen molar-refractivity contribution in [3.8, 4) is 11.4 Å². The highest BCUT2D eigenvalue weighted by Gasteiger charge is 2.10. The molecule has 0 amide bonds.